The largest absolute Gasteiger partial charge is 0.507 e. The number of phenols is 1. The van der Waals surface area contributed by atoms with E-state index in [2.05, 4.69) is 5.10 Å². The predicted octanol–water partition coefficient (Wildman–Crippen LogP) is 2.58. The van der Waals surface area contributed by atoms with Crippen molar-refractivity contribution in [2.75, 3.05) is 0 Å². The third-order valence-corrected chi connectivity index (χ3v) is 2.44. The summed E-state index contributed by atoms with van der Waals surface area (Å²) in [6.45, 7) is 4.84. The second-order valence-electron chi connectivity index (χ2n) is 3.55. The van der Waals surface area contributed by atoms with Gasteiger partial charge in [-0.1, -0.05) is 11.6 Å². The number of hydrogen-bond donors (Lipinski definition) is 1. The van der Waals surface area contributed by atoms with Crippen LogP contribution in [0.15, 0.2) is 30.5 Å². The number of phenolic OH excluding ortho intramolecular Hbond substituents is 1. The molecule has 2 aromatic rings. The van der Waals surface area contributed by atoms with Gasteiger partial charge < -0.3 is 5.11 Å². The smallest absolute Gasteiger partial charge is 0.124 e. The highest BCUT2D eigenvalue weighted by Crippen LogP contribution is 2.29. The summed E-state index contributed by atoms with van der Waals surface area (Å²) < 4.78 is 1.87. The molecule has 0 aliphatic heterocycles. The number of aryl methyl sites for hydroxylation is 2. The molecule has 1 aromatic carbocycles. The SMILES string of the molecule is CCn1nccc1-c1cc(C)ccc1O. The van der Waals surface area contributed by atoms with E-state index in [-0.39, 0.29) is 0 Å². The molecule has 0 unspecified atom stereocenters. The Kier molecular flexibility index (Phi) is 2.46. The molecular formula is C12H14N2O. The summed E-state index contributed by atoms with van der Waals surface area (Å²) in [6, 6.07) is 7.50. The molecule has 1 heterocycles. The molecular weight excluding hydrogens is 188 g/mol. The van der Waals surface area contributed by atoms with Gasteiger partial charge in [0.05, 0.1) is 5.69 Å². The Morgan fingerprint density at radius 3 is 2.87 bits per heavy atom. The van der Waals surface area contributed by atoms with Gasteiger partial charge in [-0.15, -0.1) is 0 Å². The molecule has 0 aliphatic carbocycles. The molecule has 3 heteroatoms. The maximum Gasteiger partial charge on any atom is 0.124 e. The zero-order valence-corrected chi connectivity index (χ0v) is 8.94. The molecule has 0 bridgehead atoms. The van der Waals surface area contributed by atoms with Crippen LogP contribution in [0.2, 0.25) is 0 Å². The molecule has 0 saturated heterocycles. The number of hydrogen-bond acceptors (Lipinski definition) is 2. The second kappa shape index (κ2) is 3.77. The number of rotatable bonds is 2. The van der Waals surface area contributed by atoms with E-state index in [0.29, 0.717) is 5.75 Å². The van der Waals surface area contributed by atoms with E-state index >= 15 is 0 Å². The highest BCUT2D eigenvalue weighted by atomic mass is 16.3. The number of nitrogens with zero attached hydrogens (tertiary/aromatic N) is 2. The lowest BCUT2D eigenvalue weighted by atomic mass is 10.1. The highest BCUT2D eigenvalue weighted by Gasteiger charge is 2.08. The van der Waals surface area contributed by atoms with Crippen molar-refractivity contribution >= 4 is 0 Å². The quantitative estimate of drug-likeness (QED) is 0.812. The van der Waals surface area contributed by atoms with Crippen LogP contribution in [0.3, 0.4) is 0 Å². The van der Waals surface area contributed by atoms with E-state index < -0.39 is 0 Å². The first-order valence-corrected chi connectivity index (χ1v) is 5.04. The van der Waals surface area contributed by atoms with Crippen LogP contribution in [0, 0.1) is 6.92 Å². The van der Waals surface area contributed by atoms with Gasteiger partial charge in [-0.3, -0.25) is 4.68 Å². The summed E-state index contributed by atoms with van der Waals surface area (Å²) in [5.41, 5.74) is 2.93. The minimum absolute atomic E-state index is 0.302. The number of aromatic hydroxyl groups is 1. The fourth-order valence-electron chi connectivity index (χ4n) is 1.67. The van der Waals surface area contributed by atoms with Crippen molar-refractivity contribution in [3.8, 4) is 17.0 Å². The van der Waals surface area contributed by atoms with Gasteiger partial charge >= 0.3 is 0 Å². The van der Waals surface area contributed by atoms with Crippen molar-refractivity contribution in [2.24, 2.45) is 0 Å². The molecule has 0 radical (unpaired) electrons. The van der Waals surface area contributed by atoms with Crippen LogP contribution in [-0.4, -0.2) is 14.9 Å². The molecule has 2 rings (SSSR count). The molecule has 78 valence electrons. The first kappa shape index (κ1) is 9.77. The van der Waals surface area contributed by atoms with Gasteiger partial charge in [0.2, 0.25) is 0 Å². The predicted molar refractivity (Wildman–Crippen MR) is 59.7 cm³/mol. The first-order chi connectivity index (χ1) is 7.22. The van der Waals surface area contributed by atoms with Crippen molar-refractivity contribution in [3.63, 3.8) is 0 Å². The minimum atomic E-state index is 0.302. The van der Waals surface area contributed by atoms with E-state index in [1.54, 1.807) is 12.3 Å². The molecule has 1 aromatic heterocycles. The maximum atomic E-state index is 9.79. The van der Waals surface area contributed by atoms with Crippen LogP contribution in [0.1, 0.15) is 12.5 Å². The van der Waals surface area contributed by atoms with Crippen molar-refractivity contribution < 1.29 is 5.11 Å². The Balaban J connectivity index is 2.58. The second-order valence-corrected chi connectivity index (χ2v) is 3.55. The average molecular weight is 202 g/mol. The van der Waals surface area contributed by atoms with Crippen molar-refractivity contribution in [3.05, 3.63) is 36.0 Å². The van der Waals surface area contributed by atoms with Crippen molar-refractivity contribution in [1.82, 2.24) is 9.78 Å². The topological polar surface area (TPSA) is 38.0 Å². The molecule has 0 aliphatic rings. The summed E-state index contributed by atoms with van der Waals surface area (Å²) in [4.78, 5) is 0. The van der Waals surface area contributed by atoms with Crippen LogP contribution in [0.25, 0.3) is 11.3 Å². The molecule has 0 atom stereocenters. The third kappa shape index (κ3) is 1.73. The Morgan fingerprint density at radius 1 is 1.33 bits per heavy atom. The first-order valence-electron chi connectivity index (χ1n) is 5.04. The normalized spacial score (nSPS) is 10.5. The molecule has 0 spiro atoms. The Labute approximate surface area is 89.0 Å². The van der Waals surface area contributed by atoms with Crippen LogP contribution in [-0.2, 0) is 6.54 Å². The standard InChI is InChI=1S/C12H14N2O/c1-3-14-11(6-7-13-14)10-8-9(2)4-5-12(10)15/h4-8,15H,3H2,1-2H3. The zero-order chi connectivity index (χ0) is 10.8. The summed E-state index contributed by atoms with van der Waals surface area (Å²) in [6.07, 6.45) is 1.75. The Hall–Kier alpha value is -1.77. The Bertz CT molecular complexity index is 474. The third-order valence-electron chi connectivity index (χ3n) is 2.44. The van der Waals surface area contributed by atoms with Gasteiger partial charge in [0.1, 0.15) is 5.75 Å². The average Bonchev–Trinajstić information content (AvgIpc) is 2.69. The maximum absolute atomic E-state index is 9.79. The van der Waals surface area contributed by atoms with E-state index in [9.17, 15) is 5.11 Å². The summed E-state index contributed by atoms with van der Waals surface area (Å²) >= 11 is 0. The van der Waals surface area contributed by atoms with Gasteiger partial charge in [0.25, 0.3) is 0 Å². The summed E-state index contributed by atoms with van der Waals surface area (Å²) in [5, 5.41) is 14.0. The van der Waals surface area contributed by atoms with Crippen LogP contribution < -0.4 is 0 Å². The number of benzene rings is 1. The van der Waals surface area contributed by atoms with E-state index in [1.807, 2.05) is 36.7 Å². The number of aromatic nitrogens is 2. The van der Waals surface area contributed by atoms with Crippen LogP contribution in [0.5, 0.6) is 5.75 Å². The Morgan fingerprint density at radius 2 is 2.13 bits per heavy atom. The molecule has 0 saturated carbocycles. The lowest BCUT2D eigenvalue weighted by Gasteiger charge is -2.07. The fraction of sp³-hybridized carbons (Fsp3) is 0.250. The van der Waals surface area contributed by atoms with Gasteiger partial charge in [0, 0.05) is 18.3 Å². The molecule has 0 fully saturated rings. The van der Waals surface area contributed by atoms with Crippen molar-refractivity contribution in [2.45, 2.75) is 20.4 Å². The lowest BCUT2D eigenvalue weighted by Crippen LogP contribution is -1.98. The summed E-state index contributed by atoms with van der Waals surface area (Å²) in [5.74, 6) is 0.302. The fourth-order valence-corrected chi connectivity index (χ4v) is 1.67. The van der Waals surface area contributed by atoms with Gasteiger partial charge in [-0.25, -0.2) is 0 Å². The molecule has 0 amide bonds. The molecule has 1 N–H and O–H groups in total. The van der Waals surface area contributed by atoms with Crippen LogP contribution in [0.4, 0.5) is 0 Å². The van der Waals surface area contributed by atoms with Crippen molar-refractivity contribution in [1.29, 1.82) is 0 Å². The van der Waals surface area contributed by atoms with E-state index in [4.69, 9.17) is 0 Å². The molecule has 3 nitrogen and oxygen atoms in total. The zero-order valence-electron chi connectivity index (χ0n) is 8.94. The van der Waals surface area contributed by atoms with E-state index in [1.165, 1.54) is 0 Å². The highest BCUT2D eigenvalue weighted by molar-refractivity contribution is 5.67. The van der Waals surface area contributed by atoms with Crippen LogP contribution >= 0.6 is 0 Å². The molecule has 15 heavy (non-hydrogen) atoms. The minimum Gasteiger partial charge on any atom is -0.507 e. The van der Waals surface area contributed by atoms with Gasteiger partial charge in [-0.05, 0) is 32.0 Å². The van der Waals surface area contributed by atoms with E-state index in [0.717, 1.165) is 23.4 Å². The monoisotopic (exact) mass is 202 g/mol. The lowest BCUT2D eigenvalue weighted by molar-refractivity contribution is 0.476. The van der Waals surface area contributed by atoms with Gasteiger partial charge in [0.15, 0.2) is 0 Å². The van der Waals surface area contributed by atoms with Gasteiger partial charge in [-0.2, -0.15) is 5.10 Å². The summed E-state index contributed by atoms with van der Waals surface area (Å²) in [7, 11) is 0.